The number of hydrogen-bond donors (Lipinski definition) is 0. The van der Waals surface area contributed by atoms with Crippen molar-refractivity contribution in [2.24, 2.45) is 0 Å². The first-order valence-corrected chi connectivity index (χ1v) is 3.02. The van der Waals surface area contributed by atoms with Crippen LogP contribution in [0, 0.1) is 6.07 Å². The van der Waals surface area contributed by atoms with E-state index in [1.165, 1.54) is 0 Å². The number of rotatable bonds is 2. The third kappa shape index (κ3) is 5.36. The number of ether oxygens (including phenoxy) is 1. The van der Waals surface area contributed by atoms with Gasteiger partial charge in [0, 0.05) is 5.75 Å². The molecule has 1 nitrogen and oxygen atoms in total. The molecule has 0 atom stereocenters. The van der Waals surface area contributed by atoms with Crippen LogP contribution in [0.4, 0.5) is 0 Å². The van der Waals surface area contributed by atoms with Crippen molar-refractivity contribution < 1.29 is 17.1 Å². The fourth-order valence-corrected chi connectivity index (χ4v) is 0.633. The van der Waals surface area contributed by atoms with Crippen LogP contribution in [0.25, 0.3) is 0 Å². The first kappa shape index (κ1) is 13.7. The van der Waals surface area contributed by atoms with Gasteiger partial charge in [-0.3, -0.25) is 0 Å². The molecule has 11 heavy (non-hydrogen) atoms. The normalized spacial score (nSPS) is 7.36. The molecular formula is C8H9ClMgO. The van der Waals surface area contributed by atoms with Crippen molar-refractivity contribution in [3.8, 4) is 5.75 Å². The summed E-state index contributed by atoms with van der Waals surface area (Å²) < 4.78 is 5.17. The van der Waals surface area contributed by atoms with Crippen LogP contribution in [-0.2, 0) is 0 Å². The van der Waals surface area contributed by atoms with Gasteiger partial charge in [-0.2, -0.15) is 18.2 Å². The third-order valence-corrected chi connectivity index (χ3v) is 0.990. The molecular weight excluding hydrogens is 172 g/mol. The van der Waals surface area contributed by atoms with Gasteiger partial charge >= 0.3 is 23.1 Å². The largest absolute Gasteiger partial charge is 2.00 e. The molecule has 0 aliphatic heterocycles. The summed E-state index contributed by atoms with van der Waals surface area (Å²) in [6.07, 6.45) is 0. The van der Waals surface area contributed by atoms with Crippen LogP contribution in [0.15, 0.2) is 24.3 Å². The second-order valence-corrected chi connectivity index (χ2v) is 1.67. The van der Waals surface area contributed by atoms with E-state index >= 15 is 0 Å². The number of hydrogen-bond acceptors (Lipinski definition) is 1. The summed E-state index contributed by atoms with van der Waals surface area (Å²) >= 11 is 0. The van der Waals surface area contributed by atoms with Crippen molar-refractivity contribution >= 4 is 23.1 Å². The van der Waals surface area contributed by atoms with Gasteiger partial charge in [-0.25, -0.2) is 0 Å². The summed E-state index contributed by atoms with van der Waals surface area (Å²) in [5.41, 5.74) is 0. The summed E-state index contributed by atoms with van der Waals surface area (Å²) in [4.78, 5) is 0. The van der Waals surface area contributed by atoms with Crippen LogP contribution in [0.2, 0.25) is 0 Å². The summed E-state index contributed by atoms with van der Waals surface area (Å²) in [6, 6.07) is 10.4. The van der Waals surface area contributed by atoms with E-state index in [1.807, 2.05) is 31.2 Å². The van der Waals surface area contributed by atoms with Crippen molar-refractivity contribution in [1.82, 2.24) is 0 Å². The first-order valence-electron chi connectivity index (χ1n) is 3.02. The van der Waals surface area contributed by atoms with E-state index in [2.05, 4.69) is 6.07 Å². The van der Waals surface area contributed by atoms with Gasteiger partial charge in [0.25, 0.3) is 0 Å². The standard InChI is InChI=1S/C8H9O.ClH.Mg/c1-2-9-8-6-4-3-5-7-8;;/h3-4,6-7H,2H2,1H3;1H;/q-1;;+2/p-1. The number of benzene rings is 1. The molecule has 0 aliphatic carbocycles. The van der Waals surface area contributed by atoms with Crippen molar-refractivity contribution in [2.45, 2.75) is 6.92 Å². The van der Waals surface area contributed by atoms with E-state index in [-0.39, 0.29) is 35.5 Å². The predicted molar refractivity (Wildman–Crippen MR) is 42.2 cm³/mol. The summed E-state index contributed by atoms with van der Waals surface area (Å²) in [5, 5.41) is 0. The monoisotopic (exact) mass is 180 g/mol. The molecule has 0 radical (unpaired) electrons. The van der Waals surface area contributed by atoms with Gasteiger partial charge in [0.2, 0.25) is 0 Å². The summed E-state index contributed by atoms with van der Waals surface area (Å²) in [5.74, 6) is 0.889. The molecule has 0 saturated carbocycles. The Morgan fingerprint density at radius 1 is 1.55 bits per heavy atom. The minimum atomic E-state index is 0. The van der Waals surface area contributed by atoms with Gasteiger partial charge in [0.1, 0.15) is 0 Å². The second-order valence-electron chi connectivity index (χ2n) is 1.67. The van der Waals surface area contributed by atoms with Crippen molar-refractivity contribution in [3.05, 3.63) is 30.3 Å². The van der Waals surface area contributed by atoms with E-state index in [1.54, 1.807) is 0 Å². The third-order valence-electron chi connectivity index (χ3n) is 0.990. The van der Waals surface area contributed by atoms with Crippen LogP contribution < -0.4 is 17.1 Å². The fraction of sp³-hybridized carbons (Fsp3) is 0.250. The van der Waals surface area contributed by atoms with Crippen LogP contribution in [0.3, 0.4) is 0 Å². The molecule has 0 heterocycles. The predicted octanol–water partition coefficient (Wildman–Crippen LogP) is -1.49. The molecule has 0 bridgehead atoms. The molecule has 0 aromatic heterocycles. The molecule has 1 aromatic rings. The Labute approximate surface area is 89.7 Å². The second kappa shape index (κ2) is 8.18. The van der Waals surface area contributed by atoms with E-state index in [4.69, 9.17) is 4.74 Å². The van der Waals surface area contributed by atoms with E-state index in [0.29, 0.717) is 0 Å². The van der Waals surface area contributed by atoms with Gasteiger partial charge in [-0.05, 0) is 6.92 Å². The van der Waals surface area contributed by atoms with Crippen LogP contribution in [0.1, 0.15) is 6.92 Å². The summed E-state index contributed by atoms with van der Waals surface area (Å²) in [6.45, 7) is 2.69. The van der Waals surface area contributed by atoms with Gasteiger partial charge < -0.3 is 17.1 Å². The van der Waals surface area contributed by atoms with Gasteiger partial charge in [0.05, 0.1) is 6.61 Å². The van der Waals surface area contributed by atoms with Gasteiger partial charge in [0.15, 0.2) is 0 Å². The topological polar surface area (TPSA) is 9.23 Å². The maximum atomic E-state index is 5.17. The minimum absolute atomic E-state index is 0. The molecule has 0 N–H and O–H groups in total. The summed E-state index contributed by atoms with van der Waals surface area (Å²) in [7, 11) is 0. The zero-order valence-corrected chi connectivity index (χ0v) is 8.68. The zero-order chi connectivity index (χ0) is 6.53. The maximum absolute atomic E-state index is 5.17. The van der Waals surface area contributed by atoms with Crippen molar-refractivity contribution in [3.63, 3.8) is 0 Å². The average Bonchev–Trinajstić information content (AvgIpc) is 1.91. The molecule has 0 amide bonds. The molecule has 0 unspecified atom stereocenters. The Kier molecular flexibility index (Phi) is 10.1. The SMILES string of the molecule is CCOc1c[c-]ccc1.[Cl-].[Mg+2]. The zero-order valence-electron chi connectivity index (χ0n) is 6.51. The molecule has 1 rings (SSSR count). The van der Waals surface area contributed by atoms with Crippen LogP contribution in [-0.4, -0.2) is 29.7 Å². The molecule has 0 fully saturated rings. The van der Waals surface area contributed by atoms with Crippen molar-refractivity contribution in [1.29, 1.82) is 0 Å². The Morgan fingerprint density at radius 3 is 2.73 bits per heavy atom. The Hall–Kier alpha value is 0.0762. The van der Waals surface area contributed by atoms with E-state index in [9.17, 15) is 0 Å². The Morgan fingerprint density at radius 2 is 2.27 bits per heavy atom. The van der Waals surface area contributed by atoms with E-state index < -0.39 is 0 Å². The average molecular weight is 181 g/mol. The minimum Gasteiger partial charge on any atom is -1.00 e. The Bertz CT molecular complexity index is 167. The molecule has 0 saturated heterocycles. The maximum Gasteiger partial charge on any atom is 2.00 e. The van der Waals surface area contributed by atoms with Crippen LogP contribution in [0.5, 0.6) is 5.75 Å². The van der Waals surface area contributed by atoms with Gasteiger partial charge in [-0.15, -0.1) is 12.1 Å². The quantitative estimate of drug-likeness (QED) is 0.398. The molecule has 56 valence electrons. The van der Waals surface area contributed by atoms with Gasteiger partial charge in [-0.1, -0.05) is 0 Å². The fourth-order valence-electron chi connectivity index (χ4n) is 0.633. The van der Waals surface area contributed by atoms with E-state index in [0.717, 1.165) is 12.4 Å². The first-order chi connectivity index (χ1) is 4.43. The molecule has 3 heteroatoms. The van der Waals surface area contributed by atoms with Crippen molar-refractivity contribution in [2.75, 3.05) is 6.61 Å². The molecule has 1 aromatic carbocycles. The van der Waals surface area contributed by atoms with Crippen LogP contribution >= 0.6 is 0 Å². The molecule has 0 aliphatic rings. The molecule has 0 spiro atoms. The smallest absolute Gasteiger partial charge is 1.00 e. The number of halogens is 1. The Balaban J connectivity index is 0.